The lowest BCUT2D eigenvalue weighted by Gasteiger charge is -2.21. The maximum atomic E-state index is 11.6. The molecule has 110 valence electrons. The van der Waals surface area contributed by atoms with Crippen molar-refractivity contribution in [1.29, 1.82) is 0 Å². The molecule has 0 aliphatic heterocycles. The van der Waals surface area contributed by atoms with Gasteiger partial charge < -0.3 is 15.6 Å². The minimum Gasteiger partial charge on any atom is -0.355 e. The molecule has 1 rings (SSSR count). The molecule has 0 atom stereocenters. The van der Waals surface area contributed by atoms with Crippen LogP contribution in [-0.2, 0) is 4.79 Å². The van der Waals surface area contributed by atoms with Crippen molar-refractivity contribution in [2.24, 2.45) is 5.84 Å². The van der Waals surface area contributed by atoms with Gasteiger partial charge in [-0.1, -0.05) is 0 Å². The van der Waals surface area contributed by atoms with Crippen LogP contribution in [-0.4, -0.2) is 35.4 Å². The Morgan fingerprint density at radius 2 is 2.20 bits per heavy atom. The molecule has 0 spiro atoms. The number of nitrogen functional groups attached to an aromatic ring is 1. The SMILES string of the molecule is CCNC(=O)CN(CC)c1nc(NN)ccc1[N+](=O)[O-]. The summed E-state index contributed by atoms with van der Waals surface area (Å²) in [5.74, 6) is 5.43. The average Bonchev–Trinajstić information content (AvgIpc) is 2.44. The summed E-state index contributed by atoms with van der Waals surface area (Å²) in [6, 6.07) is 2.71. The molecule has 0 fully saturated rings. The monoisotopic (exact) mass is 282 g/mol. The molecule has 0 aliphatic rings. The van der Waals surface area contributed by atoms with Gasteiger partial charge in [0.2, 0.25) is 11.7 Å². The molecule has 1 aromatic rings. The maximum absolute atomic E-state index is 11.6. The number of nitro groups is 1. The molecular formula is C11H18N6O3. The number of amides is 1. The zero-order chi connectivity index (χ0) is 15.1. The second-order valence-corrected chi connectivity index (χ2v) is 3.91. The third-order valence-corrected chi connectivity index (χ3v) is 2.59. The first-order valence-electron chi connectivity index (χ1n) is 6.17. The maximum Gasteiger partial charge on any atom is 0.311 e. The Morgan fingerprint density at radius 3 is 2.70 bits per heavy atom. The number of nitrogens with one attached hydrogen (secondary N) is 2. The van der Waals surface area contributed by atoms with E-state index in [9.17, 15) is 14.9 Å². The summed E-state index contributed by atoms with van der Waals surface area (Å²) < 4.78 is 0. The van der Waals surface area contributed by atoms with Crippen molar-refractivity contribution in [3.63, 3.8) is 0 Å². The van der Waals surface area contributed by atoms with E-state index in [-0.39, 0.29) is 24.0 Å². The minimum absolute atomic E-state index is 0.00773. The Kier molecular flexibility index (Phi) is 5.66. The highest BCUT2D eigenvalue weighted by Crippen LogP contribution is 2.27. The molecule has 9 nitrogen and oxygen atoms in total. The predicted molar refractivity (Wildman–Crippen MR) is 75.3 cm³/mol. The van der Waals surface area contributed by atoms with Crippen LogP contribution in [0.15, 0.2) is 12.1 Å². The van der Waals surface area contributed by atoms with Gasteiger partial charge in [-0.2, -0.15) is 0 Å². The van der Waals surface area contributed by atoms with Crippen molar-refractivity contribution in [2.75, 3.05) is 30.0 Å². The first-order valence-corrected chi connectivity index (χ1v) is 6.17. The molecule has 0 saturated carbocycles. The molecular weight excluding hydrogens is 264 g/mol. The number of pyridine rings is 1. The zero-order valence-corrected chi connectivity index (χ0v) is 11.4. The fraction of sp³-hybridized carbons (Fsp3) is 0.455. The van der Waals surface area contributed by atoms with Crippen LogP contribution in [0.25, 0.3) is 0 Å². The Hall–Kier alpha value is -2.42. The van der Waals surface area contributed by atoms with Crippen molar-refractivity contribution in [1.82, 2.24) is 10.3 Å². The Balaban J connectivity index is 3.11. The van der Waals surface area contributed by atoms with Crippen LogP contribution in [0, 0.1) is 10.1 Å². The normalized spacial score (nSPS) is 9.95. The lowest BCUT2D eigenvalue weighted by molar-refractivity contribution is -0.384. The van der Waals surface area contributed by atoms with Crippen molar-refractivity contribution in [2.45, 2.75) is 13.8 Å². The Morgan fingerprint density at radius 1 is 1.50 bits per heavy atom. The summed E-state index contributed by atoms with van der Waals surface area (Å²) in [5, 5.41) is 13.7. The third-order valence-electron chi connectivity index (χ3n) is 2.59. The number of nitrogens with zero attached hydrogens (tertiary/aromatic N) is 3. The number of hydrogen-bond acceptors (Lipinski definition) is 7. The quantitative estimate of drug-likeness (QED) is 0.371. The lowest BCUT2D eigenvalue weighted by Crippen LogP contribution is -2.37. The molecule has 0 saturated heterocycles. The van der Waals surface area contributed by atoms with Gasteiger partial charge in [0.15, 0.2) is 0 Å². The molecule has 1 amide bonds. The molecule has 0 aromatic carbocycles. The topological polar surface area (TPSA) is 126 Å². The molecule has 0 bridgehead atoms. The van der Waals surface area contributed by atoms with E-state index in [1.54, 1.807) is 13.8 Å². The van der Waals surface area contributed by atoms with Crippen LogP contribution < -0.4 is 21.5 Å². The van der Waals surface area contributed by atoms with Gasteiger partial charge in [-0.3, -0.25) is 14.9 Å². The molecule has 1 aromatic heterocycles. The number of hydrazine groups is 1. The molecule has 0 radical (unpaired) electrons. The third kappa shape index (κ3) is 3.79. The predicted octanol–water partition coefficient (Wildman–Crippen LogP) is 0.238. The summed E-state index contributed by atoms with van der Waals surface area (Å²) in [6.45, 7) is 4.47. The van der Waals surface area contributed by atoms with Crippen LogP contribution in [0.5, 0.6) is 0 Å². The van der Waals surface area contributed by atoms with E-state index in [2.05, 4.69) is 15.7 Å². The van der Waals surface area contributed by atoms with Crippen LogP contribution in [0.2, 0.25) is 0 Å². The minimum atomic E-state index is -0.539. The summed E-state index contributed by atoms with van der Waals surface area (Å²) in [5.41, 5.74) is 2.16. The summed E-state index contributed by atoms with van der Waals surface area (Å²) in [4.78, 5) is 27.7. The van der Waals surface area contributed by atoms with E-state index in [1.807, 2.05) is 0 Å². The second-order valence-electron chi connectivity index (χ2n) is 3.91. The van der Waals surface area contributed by atoms with Crippen LogP contribution in [0.1, 0.15) is 13.8 Å². The number of carbonyl (C=O) groups excluding carboxylic acids is 1. The van der Waals surface area contributed by atoms with Gasteiger partial charge in [0.05, 0.1) is 11.5 Å². The number of carbonyl (C=O) groups is 1. The van der Waals surface area contributed by atoms with Crippen LogP contribution in [0.4, 0.5) is 17.3 Å². The number of aromatic nitrogens is 1. The number of anilines is 2. The van der Waals surface area contributed by atoms with Crippen molar-refractivity contribution in [3.8, 4) is 0 Å². The summed E-state index contributed by atoms with van der Waals surface area (Å²) >= 11 is 0. The van der Waals surface area contributed by atoms with Gasteiger partial charge >= 0.3 is 5.69 Å². The van der Waals surface area contributed by atoms with Crippen LogP contribution in [0.3, 0.4) is 0 Å². The van der Waals surface area contributed by atoms with Gasteiger partial charge in [-0.25, -0.2) is 10.8 Å². The molecule has 9 heteroatoms. The standard InChI is InChI=1S/C11H18N6O3/c1-3-13-10(18)7-16(4-2)11-8(17(19)20)5-6-9(14-11)15-12/h5-6H,3-4,7,12H2,1-2H3,(H,13,18)(H,14,15). The van der Waals surface area contributed by atoms with Gasteiger partial charge in [-0.05, 0) is 19.9 Å². The van der Waals surface area contributed by atoms with Gasteiger partial charge in [0, 0.05) is 19.2 Å². The van der Waals surface area contributed by atoms with Crippen molar-refractivity contribution < 1.29 is 9.72 Å². The number of rotatable bonds is 7. The van der Waals surface area contributed by atoms with E-state index >= 15 is 0 Å². The Bertz CT molecular complexity index is 493. The van der Waals surface area contributed by atoms with E-state index in [0.717, 1.165) is 0 Å². The first-order chi connectivity index (χ1) is 9.53. The highest BCUT2D eigenvalue weighted by Gasteiger charge is 2.22. The smallest absolute Gasteiger partial charge is 0.311 e. The van der Waals surface area contributed by atoms with E-state index in [4.69, 9.17) is 5.84 Å². The van der Waals surface area contributed by atoms with Crippen LogP contribution >= 0.6 is 0 Å². The molecule has 20 heavy (non-hydrogen) atoms. The van der Waals surface area contributed by atoms with E-state index < -0.39 is 4.92 Å². The summed E-state index contributed by atoms with van der Waals surface area (Å²) in [7, 11) is 0. The Labute approximate surface area is 116 Å². The fourth-order valence-corrected chi connectivity index (χ4v) is 1.66. The van der Waals surface area contributed by atoms with E-state index in [0.29, 0.717) is 18.9 Å². The summed E-state index contributed by atoms with van der Waals surface area (Å²) in [6.07, 6.45) is 0. The number of hydrogen-bond donors (Lipinski definition) is 3. The zero-order valence-electron chi connectivity index (χ0n) is 11.4. The van der Waals surface area contributed by atoms with Crippen molar-refractivity contribution >= 4 is 23.2 Å². The second kappa shape index (κ2) is 7.24. The van der Waals surface area contributed by atoms with Crippen molar-refractivity contribution in [3.05, 3.63) is 22.2 Å². The fourth-order valence-electron chi connectivity index (χ4n) is 1.66. The largest absolute Gasteiger partial charge is 0.355 e. The highest BCUT2D eigenvalue weighted by molar-refractivity contribution is 5.82. The number of nitrogens with two attached hydrogens (primary N) is 1. The van der Waals surface area contributed by atoms with Gasteiger partial charge in [0.1, 0.15) is 5.82 Å². The average molecular weight is 282 g/mol. The van der Waals surface area contributed by atoms with Gasteiger partial charge in [0.25, 0.3) is 0 Å². The first kappa shape index (κ1) is 15.6. The lowest BCUT2D eigenvalue weighted by atomic mass is 10.3. The highest BCUT2D eigenvalue weighted by atomic mass is 16.6. The molecule has 0 unspecified atom stereocenters. The molecule has 0 aliphatic carbocycles. The van der Waals surface area contributed by atoms with E-state index in [1.165, 1.54) is 17.0 Å². The number of likely N-dealkylation sites (N-methyl/N-ethyl adjacent to an activating group) is 2. The molecule has 1 heterocycles. The molecule has 4 N–H and O–H groups in total. The van der Waals surface area contributed by atoms with Gasteiger partial charge in [-0.15, -0.1) is 0 Å².